The molecule has 0 saturated carbocycles. The van der Waals surface area contributed by atoms with Crippen molar-refractivity contribution in [3.63, 3.8) is 0 Å². The largest absolute Gasteiger partial charge is 2.00 e. The molecule has 0 unspecified atom stereocenters. The average Bonchev–Trinajstić information content (AvgIpc) is 3.67. The summed E-state index contributed by atoms with van der Waals surface area (Å²) in [6.45, 7) is 0. The second-order valence-electron chi connectivity index (χ2n) is 8.17. The Bertz CT molecular complexity index is 1240. The number of hydrogen-bond donors (Lipinski definition) is 0. The molecule has 0 bridgehead atoms. The minimum atomic E-state index is 0. The van der Waals surface area contributed by atoms with E-state index in [1.54, 1.807) is 37.2 Å². The summed E-state index contributed by atoms with van der Waals surface area (Å²) in [7, 11) is 11.7. The molecule has 0 aliphatic carbocycles. The number of halogens is 2. The first-order valence-corrected chi connectivity index (χ1v) is 11.2. The molecular weight excluding hydrogens is 717 g/mol. The number of imidazole rings is 6. The summed E-state index contributed by atoms with van der Waals surface area (Å²) < 4.78 is 11.7. The number of nitrogens with zero attached hydrogens (tertiary/aromatic N) is 12. The van der Waals surface area contributed by atoms with Crippen LogP contribution in [0, 0.1) is 0 Å². The van der Waals surface area contributed by atoms with Gasteiger partial charge in [-0.2, -0.15) is 0 Å². The van der Waals surface area contributed by atoms with Crippen LogP contribution in [0.5, 0.6) is 0 Å². The summed E-state index contributed by atoms with van der Waals surface area (Å²) in [4.78, 5) is 25.2. The standard InChI is InChI=1S/3C8H10N4.2ClH.Os/c3*1-11-5-3-9-7(11)8-10-4-6-12(8)2;;;/h3*3-6H,1-2H3;2*1H;/q;;;;;+2/p-2. The Morgan fingerprint density at radius 2 is 0.462 bits per heavy atom. The van der Waals surface area contributed by atoms with E-state index in [0.717, 1.165) is 34.9 Å². The molecular formula is C24H30Cl2N12Os. The molecule has 0 aliphatic rings. The molecule has 208 valence electrons. The van der Waals surface area contributed by atoms with Crippen LogP contribution in [0.1, 0.15) is 0 Å². The predicted molar refractivity (Wildman–Crippen MR) is 136 cm³/mol. The van der Waals surface area contributed by atoms with E-state index in [-0.39, 0.29) is 44.6 Å². The van der Waals surface area contributed by atoms with Gasteiger partial charge in [0.25, 0.3) is 0 Å². The summed E-state index contributed by atoms with van der Waals surface area (Å²) in [5.74, 6) is 5.35. The molecule has 0 aliphatic heterocycles. The molecule has 0 N–H and O–H groups in total. The molecule has 0 fully saturated rings. The zero-order chi connectivity index (χ0) is 25.7. The number of aromatic nitrogens is 12. The molecule has 0 radical (unpaired) electrons. The van der Waals surface area contributed by atoms with Gasteiger partial charge < -0.3 is 52.2 Å². The smallest absolute Gasteiger partial charge is 1.00 e. The van der Waals surface area contributed by atoms with Crippen LogP contribution in [0.2, 0.25) is 0 Å². The third-order valence-corrected chi connectivity index (χ3v) is 5.53. The molecule has 6 aromatic heterocycles. The second-order valence-corrected chi connectivity index (χ2v) is 8.17. The normalized spacial score (nSPS) is 9.69. The topological polar surface area (TPSA) is 107 Å². The fourth-order valence-electron chi connectivity index (χ4n) is 3.49. The van der Waals surface area contributed by atoms with E-state index in [2.05, 4.69) is 29.9 Å². The third-order valence-electron chi connectivity index (χ3n) is 5.53. The molecule has 6 heterocycles. The molecule has 0 amide bonds. The minimum absolute atomic E-state index is 0. The van der Waals surface area contributed by atoms with Crippen molar-refractivity contribution < 1.29 is 44.6 Å². The van der Waals surface area contributed by atoms with Crippen molar-refractivity contribution in [1.29, 1.82) is 0 Å². The molecule has 0 saturated heterocycles. The van der Waals surface area contributed by atoms with Gasteiger partial charge in [-0.05, 0) is 0 Å². The summed E-state index contributed by atoms with van der Waals surface area (Å²) in [6, 6.07) is 0. The SMILES string of the molecule is Cn1ccnc1-c1nccn1C.Cn1ccnc1-c1nccn1C.Cn1ccnc1-c1nccn1C.[Cl-].[Cl-].[Os+2]. The Morgan fingerprint density at radius 3 is 0.538 bits per heavy atom. The molecule has 0 spiro atoms. The van der Waals surface area contributed by atoms with Crippen LogP contribution >= 0.6 is 0 Å². The molecule has 39 heavy (non-hydrogen) atoms. The predicted octanol–water partition coefficient (Wildman–Crippen LogP) is -3.53. The van der Waals surface area contributed by atoms with E-state index in [1.807, 2.05) is 107 Å². The molecule has 6 rings (SSSR count). The van der Waals surface area contributed by atoms with Crippen molar-refractivity contribution in [2.75, 3.05) is 0 Å². The maximum Gasteiger partial charge on any atom is 2.00 e. The molecule has 0 aromatic carbocycles. The van der Waals surface area contributed by atoms with Crippen molar-refractivity contribution in [3.8, 4) is 34.9 Å². The quantitative estimate of drug-likeness (QED) is 0.186. The zero-order valence-corrected chi connectivity index (χ0v) is 26.5. The third kappa shape index (κ3) is 7.75. The second kappa shape index (κ2) is 15.2. The Kier molecular flexibility index (Phi) is 13.0. The number of hydrogen-bond acceptors (Lipinski definition) is 6. The van der Waals surface area contributed by atoms with Crippen LogP contribution in [0.15, 0.2) is 74.4 Å². The molecule has 0 atom stereocenters. The van der Waals surface area contributed by atoms with Crippen molar-refractivity contribution in [2.45, 2.75) is 0 Å². The van der Waals surface area contributed by atoms with E-state index in [1.165, 1.54) is 0 Å². The van der Waals surface area contributed by atoms with Crippen LogP contribution in [0.25, 0.3) is 34.9 Å². The maximum atomic E-state index is 4.20. The van der Waals surface area contributed by atoms with Crippen LogP contribution < -0.4 is 24.8 Å². The number of rotatable bonds is 3. The van der Waals surface area contributed by atoms with Crippen LogP contribution in [-0.2, 0) is 62.1 Å². The van der Waals surface area contributed by atoms with Crippen molar-refractivity contribution in [2.24, 2.45) is 42.3 Å². The van der Waals surface area contributed by atoms with Gasteiger partial charge in [-0.25, -0.2) is 29.9 Å². The Hall–Kier alpha value is -3.52. The van der Waals surface area contributed by atoms with E-state index < -0.39 is 0 Å². The first-order valence-electron chi connectivity index (χ1n) is 11.2. The van der Waals surface area contributed by atoms with Gasteiger partial charge in [0.05, 0.1) is 0 Å². The average molecular weight is 748 g/mol. The van der Waals surface area contributed by atoms with Crippen molar-refractivity contribution >= 4 is 0 Å². The van der Waals surface area contributed by atoms with Crippen molar-refractivity contribution in [3.05, 3.63) is 74.4 Å². The first-order chi connectivity index (χ1) is 17.4. The fourth-order valence-corrected chi connectivity index (χ4v) is 3.49. The van der Waals surface area contributed by atoms with Crippen molar-refractivity contribution in [1.82, 2.24) is 57.3 Å². The van der Waals surface area contributed by atoms with Gasteiger partial charge in [0, 0.05) is 117 Å². The van der Waals surface area contributed by atoms with E-state index in [4.69, 9.17) is 0 Å². The first kappa shape index (κ1) is 33.5. The Morgan fingerprint density at radius 1 is 0.333 bits per heavy atom. The maximum absolute atomic E-state index is 4.20. The van der Waals surface area contributed by atoms with Gasteiger partial charge in [-0.1, -0.05) is 0 Å². The van der Waals surface area contributed by atoms with Crippen LogP contribution in [0.3, 0.4) is 0 Å². The molecule has 15 heteroatoms. The molecule has 6 aromatic rings. The summed E-state index contributed by atoms with van der Waals surface area (Å²) >= 11 is 0. The monoisotopic (exact) mass is 748 g/mol. The zero-order valence-electron chi connectivity index (χ0n) is 22.4. The van der Waals surface area contributed by atoms with E-state index in [0.29, 0.717) is 0 Å². The minimum Gasteiger partial charge on any atom is -1.00 e. The van der Waals surface area contributed by atoms with Gasteiger partial charge in [-0.3, -0.25) is 0 Å². The van der Waals surface area contributed by atoms with Gasteiger partial charge in [0.2, 0.25) is 0 Å². The van der Waals surface area contributed by atoms with Gasteiger partial charge in [0.15, 0.2) is 34.9 Å². The number of aryl methyl sites for hydroxylation is 6. The fraction of sp³-hybridized carbons (Fsp3) is 0.250. The summed E-state index contributed by atoms with van der Waals surface area (Å²) in [5.41, 5.74) is 0. The van der Waals surface area contributed by atoms with E-state index in [9.17, 15) is 0 Å². The van der Waals surface area contributed by atoms with Gasteiger partial charge >= 0.3 is 19.8 Å². The van der Waals surface area contributed by atoms with E-state index >= 15 is 0 Å². The Labute approximate surface area is 252 Å². The molecule has 12 nitrogen and oxygen atoms in total. The van der Waals surface area contributed by atoms with Crippen LogP contribution in [-0.4, -0.2) is 57.3 Å². The van der Waals surface area contributed by atoms with Crippen LogP contribution in [0.4, 0.5) is 0 Å². The van der Waals surface area contributed by atoms with Gasteiger partial charge in [-0.15, -0.1) is 0 Å². The Balaban J connectivity index is 0.000000282. The van der Waals surface area contributed by atoms with Gasteiger partial charge in [0.1, 0.15) is 0 Å². The summed E-state index contributed by atoms with van der Waals surface area (Å²) in [5, 5.41) is 0. The summed E-state index contributed by atoms with van der Waals surface area (Å²) in [6.07, 6.45) is 22.0.